The van der Waals surface area contributed by atoms with Gasteiger partial charge in [0.25, 0.3) is 5.91 Å². The number of carboxylic acid groups (broad SMARTS) is 1. The third kappa shape index (κ3) is 6.37. The van der Waals surface area contributed by atoms with Gasteiger partial charge >= 0.3 is 0 Å². The minimum atomic E-state index is -1.21. The van der Waals surface area contributed by atoms with Gasteiger partial charge in [0.15, 0.2) is 6.04 Å². The van der Waals surface area contributed by atoms with Crippen LogP contribution in [-0.4, -0.2) is 37.6 Å². The summed E-state index contributed by atoms with van der Waals surface area (Å²) in [4.78, 5) is 23.0. The summed E-state index contributed by atoms with van der Waals surface area (Å²) in [6.07, 6.45) is -0.288. The van der Waals surface area contributed by atoms with Crippen LogP contribution in [0.15, 0.2) is 24.3 Å². The minimum Gasteiger partial charge on any atom is -0.550 e. The lowest BCUT2D eigenvalue weighted by atomic mass is 10.1. The molecule has 116 valence electrons. The molecule has 1 aromatic rings. The fourth-order valence-electron chi connectivity index (χ4n) is 2.02. The zero-order chi connectivity index (χ0) is 15.7. The number of carbonyl (C=O) groups excluding carboxylic acids is 2. The molecule has 0 unspecified atom stereocenters. The van der Waals surface area contributed by atoms with Crippen molar-refractivity contribution >= 4 is 17.6 Å². The number of aryl methyl sites for hydroxylation is 1. The molecule has 0 aliphatic rings. The van der Waals surface area contributed by atoms with Crippen molar-refractivity contribution in [2.75, 3.05) is 25.0 Å². The molecule has 6 nitrogen and oxygen atoms in total. The van der Waals surface area contributed by atoms with E-state index >= 15 is 0 Å². The molecule has 21 heavy (non-hydrogen) atoms. The second-order valence-electron chi connectivity index (χ2n) is 5.00. The van der Waals surface area contributed by atoms with Crippen LogP contribution in [0.4, 0.5) is 5.69 Å². The van der Waals surface area contributed by atoms with E-state index in [1.165, 1.54) is 0 Å². The number of aliphatic carboxylic acids is 1. The first-order valence-electron chi connectivity index (χ1n) is 7.26. The monoisotopic (exact) mass is 294 g/mol. The summed E-state index contributed by atoms with van der Waals surface area (Å²) in [6, 6.07) is 6.74. The number of nitrogens with one attached hydrogen (secondary N) is 1. The van der Waals surface area contributed by atoms with Gasteiger partial charge in [-0.3, -0.25) is 4.79 Å². The normalized spacial score (nSPS) is 11.9. The average Bonchev–Trinajstić information content (AvgIpc) is 2.44. The maximum atomic E-state index is 12.2. The summed E-state index contributed by atoms with van der Waals surface area (Å²) in [5.74, 6) is -1.51. The highest BCUT2D eigenvalue weighted by atomic mass is 16.4. The quantitative estimate of drug-likeness (QED) is 0.442. The van der Waals surface area contributed by atoms with Gasteiger partial charge in [-0.2, -0.15) is 0 Å². The summed E-state index contributed by atoms with van der Waals surface area (Å²) in [6.45, 7) is 6.44. The molecule has 0 radical (unpaired) electrons. The third-order valence-corrected chi connectivity index (χ3v) is 3.24. The van der Waals surface area contributed by atoms with Crippen LogP contribution in [0.3, 0.4) is 0 Å². The van der Waals surface area contributed by atoms with E-state index in [1.807, 2.05) is 32.0 Å². The van der Waals surface area contributed by atoms with Crippen molar-refractivity contribution in [3.63, 3.8) is 0 Å². The van der Waals surface area contributed by atoms with Crippen LogP contribution in [0.1, 0.15) is 18.9 Å². The molecule has 6 heteroatoms. The second kappa shape index (κ2) is 9.10. The highest BCUT2D eigenvalue weighted by Crippen LogP contribution is 2.13. The van der Waals surface area contributed by atoms with Gasteiger partial charge in [-0.25, -0.2) is 0 Å². The lowest BCUT2D eigenvalue weighted by Gasteiger charge is -2.16. The van der Waals surface area contributed by atoms with Crippen molar-refractivity contribution in [1.82, 2.24) is 0 Å². The Balaban J connectivity index is 2.62. The Morgan fingerprint density at radius 3 is 2.62 bits per heavy atom. The van der Waals surface area contributed by atoms with Gasteiger partial charge in [0, 0.05) is 18.1 Å². The largest absolute Gasteiger partial charge is 0.550 e. The molecule has 5 N–H and O–H groups in total. The summed E-state index contributed by atoms with van der Waals surface area (Å²) >= 11 is 0. The van der Waals surface area contributed by atoms with Crippen molar-refractivity contribution in [2.45, 2.75) is 26.3 Å². The number of nitrogens with two attached hydrogens (primary N) is 2. The number of hydrogen-bond acceptors (Lipinski definition) is 3. The summed E-state index contributed by atoms with van der Waals surface area (Å²) < 4.78 is 0. The maximum absolute atomic E-state index is 12.2. The highest BCUT2D eigenvalue weighted by molar-refractivity contribution is 5.96. The second-order valence-corrected chi connectivity index (χ2v) is 5.00. The smallest absolute Gasteiger partial charge is 0.283 e. The number of para-hydroxylation sites is 1. The van der Waals surface area contributed by atoms with E-state index in [2.05, 4.69) is 10.6 Å². The Bertz CT molecular complexity index is 477. The fourth-order valence-corrected chi connectivity index (χ4v) is 2.02. The van der Waals surface area contributed by atoms with E-state index in [-0.39, 0.29) is 12.3 Å². The molecule has 0 fully saturated rings. The van der Waals surface area contributed by atoms with Gasteiger partial charge in [0.2, 0.25) is 0 Å². The van der Waals surface area contributed by atoms with Gasteiger partial charge in [-0.1, -0.05) is 18.2 Å². The molecule has 0 aliphatic carbocycles. The first-order valence-corrected chi connectivity index (χ1v) is 7.26. The molecule has 0 aliphatic heterocycles. The Labute approximate surface area is 124 Å². The van der Waals surface area contributed by atoms with Crippen molar-refractivity contribution in [1.29, 1.82) is 0 Å². The summed E-state index contributed by atoms with van der Waals surface area (Å²) in [5.41, 5.74) is 1.65. The van der Waals surface area contributed by atoms with Crippen LogP contribution < -0.4 is 21.1 Å². The van der Waals surface area contributed by atoms with Crippen molar-refractivity contribution in [3.05, 3.63) is 29.8 Å². The number of benzene rings is 1. The molecule has 0 aromatic heterocycles. The number of hydrogen-bond donors (Lipinski definition) is 3. The lowest BCUT2D eigenvalue weighted by Crippen LogP contribution is -2.99. The number of carboxylic acids is 1. The molecule has 1 rings (SSSR count). The number of amides is 1. The first-order chi connectivity index (χ1) is 10.0. The Morgan fingerprint density at radius 2 is 2.00 bits per heavy atom. The molecule has 0 saturated carbocycles. The molecule has 1 atom stereocenters. The number of quaternary nitrogens is 2. The van der Waals surface area contributed by atoms with E-state index < -0.39 is 12.0 Å². The molecule has 1 aromatic carbocycles. The zero-order valence-corrected chi connectivity index (χ0v) is 12.6. The van der Waals surface area contributed by atoms with Crippen LogP contribution in [0, 0.1) is 6.92 Å². The standard InChI is InChI=1S/C15H23N3O3/c1-3-16-8-9-17-13(10-14(19)20)15(21)18-12-7-5-4-6-11(12)2/h4-7,13,16-17H,3,8-10H2,1-2H3,(H,18,21)(H,19,20)/p+1/t13-/m1/s1. The van der Waals surface area contributed by atoms with Crippen LogP contribution in [-0.2, 0) is 9.59 Å². The number of likely N-dealkylation sites (N-methyl/N-ethyl adjacent to an activating group) is 1. The summed E-state index contributed by atoms with van der Waals surface area (Å²) in [5, 5.41) is 17.5. The molecule has 0 bridgehead atoms. The maximum Gasteiger partial charge on any atom is 0.283 e. The van der Waals surface area contributed by atoms with Crippen LogP contribution >= 0.6 is 0 Å². The molecule has 0 spiro atoms. The van der Waals surface area contributed by atoms with Crippen LogP contribution in [0.2, 0.25) is 0 Å². The summed E-state index contributed by atoms with van der Waals surface area (Å²) in [7, 11) is 0. The molecular formula is C15H24N3O3+. The van der Waals surface area contributed by atoms with Gasteiger partial charge in [-0.15, -0.1) is 0 Å². The molecular weight excluding hydrogens is 270 g/mol. The number of rotatable bonds is 9. The fraction of sp³-hybridized carbons (Fsp3) is 0.467. The van der Waals surface area contributed by atoms with Gasteiger partial charge in [0.05, 0.1) is 6.54 Å². The molecule has 0 heterocycles. The minimum absolute atomic E-state index is 0.288. The number of anilines is 1. The predicted molar refractivity (Wildman–Crippen MR) is 77.3 cm³/mol. The van der Waals surface area contributed by atoms with E-state index in [9.17, 15) is 14.7 Å². The van der Waals surface area contributed by atoms with Gasteiger partial charge < -0.3 is 25.9 Å². The lowest BCUT2D eigenvalue weighted by molar-refractivity contribution is -0.732. The van der Waals surface area contributed by atoms with Crippen molar-refractivity contribution in [2.24, 2.45) is 0 Å². The SMILES string of the molecule is CC[NH2+]CC[NH2+][C@H](CC(=O)[O-])C(=O)Nc1ccccc1C. The zero-order valence-electron chi connectivity index (χ0n) is 12.6. The first kappa shape index (κ1) is 17.1. The Morgan fingerprint density at radius 1 is 1.29 bits per heavy atom. The molecule has 0 saturated heterocycles. The van der Waals surface area contributed by atoms with Crippen molar-refractivity contribution < 1.29 is 25.3 Å². The Hall–Kier alpha value is -1.92. The van der Waals surface area contributed by atoms with Crippen LogP contribution in [0.25, 0.3) is 0 Å². The number of carbonyl (C=O) groups is 2. The predicted octanol–water partition coefficient (Wildman–Crippen LogP) is -2.41. The van der Waals surface area contributed by atoms with Crippen LogP contribution in [0.5, 0.6) is 0 Å². The van der Waals surface area contributed by atoms with Gasteiger partial charge in [-0.05, 0) is 25.5 Å². The van der Waals surface area contributed by atoms with E-state index in [0.29, 0.717) is 12.2 Å². The Kier molecular flexibility index (Phi) is 7.42. The van der Waals surface area contributed by atoms with E-state index in [0.717, 1.165) is 18.7 Å². The van der Waals surface area contributed by atoms with Crippen molar-refractivity contribution in [3.8, 4) is 0 Å². The average molecular weight is 294 g/mol. The van der Waals surface area contributed by atoms with E-state index in [1.54, 1.807) is 11.4 Å². The van der Waals surface area contributed by atoms with E-state index in [4.69, 9.17) is 0 Å². The molecule has 1 amide bonds. The topological polar surface area (TPSA) is 102 Å². The van der Waals surface area contributed by atoms with Gasteiger partial charge in [0.1, 0.15) is 13.1 Å². The highest BCUT2D eigenvalue weighted by Gasteiger charge is 2.22. The third-order valence-electron chi connectivity index (χ3n) is 3.24.